The first-order valence-electron chi connectivity index (χ1n) is 6.93. The van der Waals surface area contributed by atoms with Crippen molar-refractivity contribution in [1.29, 1.82) is 0 Å². The summed E-state index contributed by atoms with van der Waals surface area (Å²) >= 11 is 1.92. The fraction of sp³-hybridized carbons (Fsp3) is 0.125. The Morgan fingerprint density at radius 1 is 0.714 bits per heavy atom. The molecule has 0 amide bonds. The zero-order valence-corrected chi connectivity index (χ0v) is 12.0. The van der Waals surface area contributed by atoms with E-state index in [-0.39, 0.29) is 0 Å². The van der Waals surface area contributed by atoms with Gasteiger partial charge in [0.1, 0.15) is 0 Å². The van der Waals surface area contributed by atoms with Crippen LogP contribution in [0.5, 0.6) is 0 Å². The number of benzene rings is 2. The molecule has 4 nitrogen and oxygen atoms in total. The van der Waals surface area contributed by atoms with Crippen LogP contribution in [0.3, 0.4) is 0 Å². The maximum atomic E-state index is 4.75. The van der Waals surface area contributed by atoms with Gasteiger partial charge in [-0.15, -0.1) is 11.8 Å². The van der Waals surface area contributed by atoms with E-state index in [9.17, 15) is 0 Å². The second kappa shape index (κ2) is 4.11. The zero-order chi connectivity index (χ0) is 13.8. The molecular weight excluding hydrogens is 280 g/mol. The normalized spacial score (nSPS) is 14.1. The third-order valence-corrected chi connectivity index (χ3v) is 4.93. The number of rotatable bonds is 0. The monoisotopic (exact) mass is 292 g/mol. The summed E-state index contributed by atoms with van der Waals surface area (Å²) in [6.07, 6.45) is 0. The lowest BCUT2D eigenvalue weighted by Gasteiger charge is -2.05. The van der Waals surface area contributed by atoms with Gasteiger partial charge in [-0.05, 0) is 12.1 Å². The number of fused-ring (bicyclic) bond motifs is 7. The molecule has 0 atom stereocenters. The van der Waals surface area contributed by atoms with Crippen molar-refractivity contribution in [2.75, 3.05) is 0 Å². The van der Waals surface area contributed by atoms with Gasteiger partial charge in [0.25, 0.3) is 0 Å². The van der Waals surface area contributed by atoms with Gasteiger partial charge in [-0.25, -0.2) is 0 Å². The highest BCUT2D eigenvalue weighted by atomic mass is 32.2. The molecule has 0 saturated heterocycles. The van der Waals surface area contributed by atoms with Crippen LogP contribution in [0.1, 0.15) is 11.4 Å². The Morgan fingerprint density at radius 2 is 1.19 bits per heavy atom. The molecule has 0 saturated carbocycles. The molecule has 102 valence electrons. The predicted octanol–water partition coefficient (Wildman–Crippen LogP) is 3.44. The van der Waals surface area contributed by atoms with Crippen molar-refractivity contribution < 1.29 is 0 Å². The van der Waals surface area contributed by atoms with Crippen molar-refractivity contribution >= 4 is 33.6 Å². The molecular formula is C16H12N4S. The summed E-state index contributed by atoms with van der Waals surface area (Å²) in [7, 11) is 0. The average molecular weight is 292 g/mol. The third-order valence-electron chi connectivity index (χ3n) is 3.97. The fourth-order valence-corrected chi connectivity index (χ4v) is 4.01. The Hall–Kier alpha value is -2.27. The van der Waals surface area contributed by atoms with Crippen molar-refractivity contribution in [1.82, 2.24) is 19.8 Å². The summed E-state index contributed by atoms with van der Waals surface area (Å²) < 4.78 is 0. The molecule has 1 aliphatic rings. The van der Waals surface area contributed by atoms with Gasteiger partial charge in [-0.1, -0.05) is 36.4 Å². The van der Waals surface area contributed by atoms with Crippen LogP contribution in [0.25, 0.3) is 21.8 Å². The van der Waals surface area contributed by atoms with Crippen LogP contribution in [0.15, 0.2) is 48.5 Å². The summed E-state index contributed by atoms with van der Waals surface area (Å²) in [4.78, 5) is 3.94. The summed E-state index contributed by atoms with van der Waals surface area (Å²) in [5, 5.41) is 11.9. The van der Waals surface area contributed by atoms with Crippen molar-refractivity contribution in [3.8, 4) is 0 Å². The highest BCUT2D eigenvalue weighted by Gasteiger charge is 2.21. The molecule has 21 heavy (non-hydrogen) atoms. The molecule has 0 N–H and O–H groups in total. The number of thioether (sulfide) groups is 1. The minimum atomic E-state index is 0.957. The van der Waals surface area contributed by atoms with E-state index in [0.29, 0.717) is 0 Å². The van der Waals surface area contributed by atoms with E-state index in [1.807, 2.05) is 33.5 Å². The predicted molar refractivity (Wildman–Crippen MR) is 85.3 cm³/mol. The van der Waals surface area contributed by atoms with Crippen LogP contribution in [0, 0.1) is 0 Å². The number of hydrogen-bond acceptors (Lipinski definition) is 3. The lowest BCUT2D eigenvalue weighted by Crippen LogP contribution is -2.16. The van der Waals surface area contributed by atoms with E-state index in [1.54, 1.807) is 0 Å². The highest BCUT2D eigenvalue weighted by molar-refractivity contribution is 7.97. The summed E-state index contributed by atoms with van der Waals surface area (Å²) in [5.41, 5.74) is 4.50. The van der Waals surface area contributed by atoms with Crippen LogP contribution in [-0.4, -0.2) is 19.8 Å². The first-order valence-corrected chi connectivity index (χ1v) is 8.09. The summed E-state index contributed by atoms with van der Waals surface area (Å²) in [6, 6.07) is 16.6. The molecule has 0 aliphatic carbocycles. The lowest BCUT2D eigenvalue weighted by atomic mass is 10.2. The minimum Gasteiger partial charge on any atom is -0.153 e. The molecule has 0 bridgehead atoms. The minimum absolute atomic E-state index is 0.957. The number of nitrogens with zero attached hydrogens (tertiary/aromatic N) is 4. The molecule has 1 aliphatic heterocycles. The molecule has 0 radical (unpaired) electrons. The number of hydrogen-bond donors (Lipinski definition) is 0. The van der Waals surface area contributed by atoms with Crippen molar-refractivity contribution in [3.05, 3.63) is 59.9 Å². The second-order valence-corrected chi connectivity index (χ2v) is 6.18. The Labute approximate surface area is 125 Å². The smallest absolute Gasteiger partial charge is 0.0948 e. The highest BCUT2D eigenvalue weighted by Crippen LogP contribution is 2.31. The fourth-order valence-electron chi connectivity index (χ4n) is 2.98. The van der Waals surface area contributed by atoms with Gasteiger partial charge in [0.2, 0.25) is 0 Å². The largest absolute Gasteiger partial charge is 0.153 e. The van der Waals surface area contributed by atoms with E-state index in [0.717, 1.165) is 22.5 Å². The molecule has 5 rings (SSSR count). The topological polar surface area (TPSA) is 35.6 Å². The SMILES string of the molecule is c1ccc2c3n(nc2c1)-n1nc2ccccc2c1CSC3. The number of aromatic nitrogens is 4. The van der Waals surface area contributed by atoms with Crippen LogP contribution < -0.4 is 0 Å². The van der Waals surface area contributed by atoms with E-state index in [2.05, 4.69) is 36.4 Å². The van der Waals surface area contributed by atoms with Gasteiger partial charge < -0.3 is 0 Å². The lowest BCUT2D eigenvalue weighted by molar-refractivity contribution is 0.492. The van der Waals surface area contributed by atoms with Crippen molar-refractivity contribution in [2.45, 2.75) is 11.5 Å². The maximum absolute atomic E-state index is 4.75. The Morgan fingerprint density at radius 3 is 1.71 bits per heavy atom. The average Bonchev–Trinajstić information content (AvgIpc) is 3.02. The Balaban J connectivity index is 1.91. The molecule has 0 fully saturated rings. The Bertz CT molecular complexity index is 902. The van der Waals surface area contributed by atoms with E-state index in [4.69, 9.17) is 10.2 Å². The molecule has 4 aromatic rings. The molecule has 3 heterocycles. The van der Waals surface area contributed by atoms with E-state index >= 15 is 0 Å². The molecule has 0 spiro atoms. The zero-order valence-electron chi connectivity index (χ0n) is 11.2. The first-order chi connectivity index (χ1) is 10.4. The van der Waals surface area contributed by atoms with Crippen LogP contribution >= 0.6 is 11.8 Å². The van der Waals surface area contributed by atoms with Crippen molar-refractivity contribution in [2.24, 2.45) is 0 Å². The standard InChI is InChI=1S/C16H12N4S/c1-3-7-13-11(5-1)15-9-21-10-16-12-6-2-4-8-14(12)18-20(16)19(15)17-13/h1-8H,9-10H2. The van der Waals surface area contributed by atoms with Crippen LogP contribution in [-0.2, 0) is 11.5 Å². The van der Waals surface area contributed by atoms with Gasteiger partial charge in [0.15, 0.2) is 0 Å². The van der Waals surface area contributed by atoms with Crippen molar-refractivity contribution in [3.63, 3.8) is 0 Å². The van der Waals surface area contributed by atoms with Crippen LogP contribution in [0.4, 0.5) is 0 Å². The van der Waals surface area contributed by atoms with Gasteiger partial charge >= 0.3 is 0 Å². The van der Waals surface area contributed by atoms with Crippen LogP contribution in [0.2, 0.25) is 0 Å². The van der Waals surface area contributed by atoms with Gasteiger partial charge in [0.05, 0.1) is 22.4 Å². The molecule has 0 unspecified atom stereocenters. The van der Waals surface area contributed by atoms with Gasteiger partial charge in [0, 0.05) is 22.3 Å². The molecule has 5 heteroatoms. The molecule has 2 aromatic heterocycles. The summed E-state index contributed by atoms with van der Waals surface area (Å²) in [5.74, 6) is 1.91. The van der Waals surface area contributed by atoms with E-state index < -0.39 is 0 Å². The first kappa shape index (κ1) is 11.4. The molecule has 2 aromatic carbocycles. The van der Waals surface area contributed by atoms with E-state index in [1.165, 1.54) is 22.2 Å². The summed E-state index contributed by atoms with van der Waals surface area (Å²) in [6.45, 7) is 0. The quantitative estimate of drug-likeness (QED) is 0.498. The van der Waals surface area contributed by atoms with Gasteiger partial charge in [-0.3, -0.25) is 0 Å². The van der Waals surface area contributed by atoms with Gasteiger partial charge in [-0.2, -0.15) is 19.8 Å². The third kappa shape index (κ3) is 1.52. The second-order valence-electron chi connectivity index (χ2n) is 5.20. The Kier molecular flexibility index (Phi) is 2.23. The maximum Gasteiger partial charge on any atom is 0.0948 e.